The monoisotopic (exact) mass is 252 g/mol. The van der Waals surface area contributed by atoms with Crippen molar-refractivity contribution in [3.8, 4) is 11.1 Å². The molecule has 0 amide bonds. The summed E-state index contributed by atoms with van der Waals surface area (Å²) in [4.78, 5) is 0. The SMILES string of the molecule is CC(C)(C)c1ccccc1-c1ccccc1C(=N)N. The Morgan fingerprint density at radius 1 is 0.895 bits per heavy atom. The Morgan fingerprint density at radius 3 is 2.00 bits per heavy atom. The third-order valence-electron chi connectivity index (χ3n) is 3.24. The molecular weight excluding hydrogens is 232 g/mol. The maximum Gasteiger partial charge on any atom is 0.123 e. The van der Waals surface area contributed by atoms with E-state index < -0.39 is 0 Å². The van der Waals surface area contributed by atoms with E-state index in [1.807, 2.05) is 30.3 Å². The van der Waals surface area contributed by atoms with Gasteiger partial charge in [-0.3, -0.25) is 5.41 Å². The van der Waals surface area contributed by atoms with Crippen molar-refractivity contribution in [1.29, 1.82) is 5.41 Å². The molecule has 2 heteroatoms. The van der Waals surface area contributed by atoms with Crippen LogP contribution in [-0.2, 0) is 5.41 Å². The Morgan fingerprint density at radius 2 is 1.42 bits per heavy atom. The minimum atomic E-state index is 0.0560. The average molecular weight is 252 g/mol. The van der Waals surface area contributed by atoms with E-state index in [0.717, 1.165) is 16.7 Å². The highest BCUT2D eigenvalue weighted by molar-refractivity contribution is 6.01. The Kier molecular flexibility index (Phi) is 3.43. The lowest BCUT2D eigenvalue weighted by Gasteiger charge is -2.24. The van der Waals surface area contributed by atoms with Gasteiger partial charge in [-0.2, -0.15) is 0 Å². The Labute approximate surface area is 114 Å². The number of amidine groups is 1. The van der Waals surface area contributed by atoms with Crippen molar-refractivity contribution in [2.45, 2.75) is 26.2 Å². The number of benzene rings is 2. The van der Waals surface area contributed by atoms with Crippen LogP contribution in [0, 0.1) is 5.41 Å². The zero-order valence-corrected chi connectivity index (χ0v) is 11.7. The van der Waals surface area contributed by atoms with Crippen molar-refractivity contribution in [1.82, 2.24) is 0 Å². The molecule has 0 aliphatic carbocycles. The van der Waals surface area contributed by atoms with Gasteiger partial charge >= 0.3 is 0 Å². The van der Waals surface area contributed by atoms with E-state index in [0.29, 0.717) is 0 Å². The Hall–Kier alpha value is -2.09. The number of hydrogen-bond acceptors (Lipinski definition) is 1. The highest BCUT2D eigenvalue weighted by Crippen LogP contribution is 2.34. The summed E-state index contributed by atoms with van der Waals surface area (Å²) in [5.41, 5.74) is 9.99. The number of nitrogens with one attached hydrogen (secondary N) is 1. The van der Waals surface area contributed by atoms with Crippen LogP contribution < -0.4 is 5.73 Å². The lowest BCUT2D eigenvalue weighted by molar-refractivity contribution is 0.592. The quantitative estimate of drug-likeness (QED) is 0.617. The standard InChI is InChI=1S/C17H20N2/c1-17(2,3)15-11-7-6-9-13(15)12-8-4-5-10-14(12)16(18)19/h4-11H,1-3H3,(H3,18,19). The second-order valence-corrected chi connectivity index (χ2v) is 5.75. The van der Waals surface area contributed by atoms with Crippen LogP contribution in [0.5, 0.6) is 0 Å². The molecule has 2 nitrogen and oxygen atoms in total. The van der Waals surface area contributed by atoms with Crippen LogP contribution in [0.4, 0.5) is 0 Å². The fourth-order valence-corrected chi connectivity index (χ4v) is 2.32. The van der Waals surface area contributed by atoms with Gasteiger partial charge in [0.05, 0.1) is 0 Å². The molecule has 2 aromatic carbocycles. The number of nitrogens with two attached hydrogens (primary N) is 1. The molecule has 0 bridgehead atoms. The van der Waals surface area contributed by atoms with Crippen molar-refractivity contribution in [2.75, 3.05) is 0 Å². The molecule has 2 rings (SSSR count). The Bertz CT molecular complexity index is 607. The van der Waals surface area contributed by atoms with Gasteiger partial charge in [-0.05, 0) is 22.1 Å². The van der Waals surface area contributed by atoms with Crippen LogP contribution in [0.3, 0.4) is 0 Å². The summed E-state index contributed by atoms with van der Waals surface area (Å²) < 4.78 is 0. The molecule has 0 aliphatic rings. The van der Waals surface area contributed by atoms with Crippen molar-refractivity contribution < 1.29 is 0 Å². The highest BCUT2D eigenvalue weighted by atomic mass is 14.7. The third-order valence-corrected chi connectivity index (χ3v) is 3.24. The van der Waals surface area contributed by atoms with Crippen LogP contribution in [0.1, 0.15) is 31.9 Å². The summed E-state index contributed by atoms with van der Waals surface area (Å²) in [6, 6.07) is 16.2. The first-order valence-electron chi connectivity index (χ1n) is 6.44. The van der Waals surface area contributed by atoms with Gasteiger partial charge in [0.15, 0.2) is 0 Å². The zero-order chi connectivity index (χ0) is 14.0. The molecule has 0 saturated carbocycles. The maximum absolute atomic E-state index is 7.73. The van der Waals surface area contributed by atoms with E-state index in [4.69, 9.17) is 11.1 Å². The van der Waals surface area contributed by atoms with Gasteiger partial charge in [-0.1, -0.05) is 69.3 Å². The molecule has 3 N–H and O–H groups in total. The topological polar surface area (TPSA) is 49.9 Å². The van der Waals surface area contributed by atoms with Crippen LogP contribution in [0.15, 0.2) is 48.5 Å². The predicted molar refractivity (Wildman–Crippen MR) is 81.6 cm³/mol. The summed E-state index contributed by atoms with van der Waals surface area (Å²) in [6.07, 6.45) is 0. The van der Waals surface area contributed by atoms with Gasteiger partial charge in [0.25, 0.3) is 0 Å². The molecule has 0 aliphatic heterocycles. The van der Waals surface area contributed by atoms with Gasteiger partial charge in [-0.15, -0.1) is 0 Å². The number of hydrogen-bond donors (Lipinski definition) is 2. The molecular formula is C17H20N2. The van der Waals surface area contributed by atoms with Crippen molar-refractivity contribution in [3.63, 3.8) is 0 Å². The summed E-state index contributed by atoms with van der Waals surface area (Å²) in [6.45, 7) is 6.59. The Balaban J connectivity index is 2.70. The zero-order valence-electron chi connectivity index (χ0n) is 11.7. The van der Waals surface area contributed by atoms with Gasteiger partial charge in [0.1, 0.15) is 5.84 Å². The maximum atomic E-state index is 7.73. The minimum absolute atomic E-state index is 0.0560. The molecule has 19 heavy (non-hydrogen) atoms. The van der Waals surface area contributed by atoms with E-state index in [1.165, 1.54) is 5.56 Å². The first-order chi connectivity index (χ1) is 8.91. The molecule has 0 heterocycles. The van der Waals surface area contributed by atoms with Crippen molar-refractivity contribution in [3.05, 3.63) is 59.7 Å². The average Bonchev–Trinajstić information content (AvgIpc) is 2.37. The lowest BCUT2D eigenvalue weighted by Crippen LogP contribution is -2.15. The fourth-order valence-electron chi connectivity index (χ4n) is 2.32. The fraction of sp³-hybridized carbons (Fsp3) is 0.235. The first-order valence-corrected chi connectivity index (χ1v) is 6.44. The van der Waals surface area contributed by atoms with Gasteiger partial charge in [0.2, 0.25) is 0 Å². The van der Waals surface area contributed by atoms with Crippen LogP contribution >= 0.6 is 0 Å². The molecule has 0 aromatic heterocycles. The highest BCUT2D eigenvalue weighted by Gasteiger charge is 2.19. The molecule has 0 saturated heterocycles. The molecule has 0 fully saturated rings. The van der Waals surface area contributed by atoms with Crippen LogP contribution in [0.25, 0.3) is 11.1 Å². The van der Waals surface area contributed by atoms with Crippen LogP contribution in [0.2, 0.25) is 0 Å². The van der Waals surface area contributed by atoms with E-state index in [9.17, 15) is 0 Å². The summed E-state index contributed by atoms with van der Waals surface area (Å²) in [5, 5.41) is 7.73. The van der Waals surface area contributed by atoms with E-state index >= 15 is 0 Å². The number of rotatable bonds is 2. The van der Waals surface area contributed by atoms with Crippen LogP contribution in [-0.4, -0.2) is 5.84 Å². The lowest BCUT2D eigenvalue weighted by atomic mass is 9.81. The predicted octanol–water partition coefficient (Wildman–Crippen LogP) is 3.94. The summed E-state index contributed by atoms with van der Waals surface area (Å²) >= 11 is 0. The van der Waals surface area contributed by atoms with Crippen molar-refractivity contribution in [2.24, 2.45) is 5.73 Å². The number of nitrogen functional groups attached to an aromatic ring is 1. The van der Waals surface area contributed by atoms with E-state index in [-0.39, 0.29) is 11.3 Å². The molecule has 0 radical (unpaired) electrons. The van der Waals surface area contributed by atoms with Gasteiger partial charge < -0.3 is 5.73 Å². The second-order valence-electron chi connectivity index (χ2n) is 5.75. The first kappa shape index (κ1) is 13.3. The molecule has 2 aromatic rings. The third kappa shape index (κ3) is 2.68. The smallest absolute Gasteiger partial charge is 0.123 e. The minimum Gasteiger partial charge on any atom is -0.384 e. The summed E-state index contributed by atoms with van der Waals surface area (Å²) in [5.74, 6) is 0.110. The largest absolute Gasteiger partial charge is 0.384 e. The summed E-state index contributed by atoms with van der Waals surface area (Å²) in [7, 11) is 0. The van der Waals surface area contributed by atoms with Crippen molar-refractivity contribution >= 4 is 5.84 Å². The molecule has 0 spiro atoms. The van der Waals surface area contributed by atoms with Gasteiger partial charge in [0, 0.05) is 5.56 Å². The van der Waals surface area contributed by atoms with Gasteiger partial charge in [-0.25, -0.2) is 0 Å². The van der Waals surface area contributed by atoms with E-state index in [1.54, 1.807) is 0 Å². The molecule has 98 valence electrons. The molecule has 0 atom stereocenters. The molecule has 0 unspecified atom stereocenters. The van der Waals surface area contributed by atoms with E-state index in [2.05, 4.69) is 39.0 Å². The normalized spacial score (nSPS) is 11.3. The second kappa shape index (κ2) is 4.88.